The normalized spacial score (nSPS) is 24.2. The van der Waals surface area contributed by atoms with Crippen molar-refractivity contribution in [1.82, 2.24) is 20.5 Å². The zero-order valence-electron chi connectivity index (χ0n) is 17.1. The van der Waals surface area contributed by atoms with Crippen LogP contribution in [0.25, 0.3) is 0 Å². The summed E-state index contributed by atoms with van der Waals surface area (Å²) in [6.07, 6.45) is 5.69. The maximum atomic E-state index is 12.2. The summed E-state index contributed by atoms with van der Waals surface area (Å²) in [5.41, 5.74) is 2.31. The highest BCUT2D eigenvalue weighted by atomic mass is 16.1. The van der Waals surface area contributed by atoms with Crippen molar-refractivity contribution in [3.63, 3.8) is 0 Å². The molecule has 2 saturated heterocycles. The third kappa shape index (κ3) is 5.87. The standard InChI is InChI=1S/C24H32N4O/c29-24(27-15-22-9-4-5-12-25-22)11-6-10-23-21-13-20(14-26-23)17-28(18-21)16-19-7-2-1-3-8-19/h1-5,7-9,12,20-21,23,26H,6,10-11,13-18H2,(H,27,29)/t20-,21-,23+/m0/s1. The van der Waals surface area contributed by atoms with Gasteiger partial charge in [-0.2, -0.15) is 0 Å². The lowest BCUT2D eigenvalue weighted by Crippen LogP contribution is -2.55. The van der Waals surface area contributed by atoms with E-state index >= 15 is 0 Å². The Bertz CT molecular complexity index is 767. The zero-order chi connectivity index (χ0) is 19.9. The Morgan fingerprint density at radius 1 is 1.14 bits per heavy atom. The first-order chi connectivity index (χ1) is 14.3. The molecule has 0 radical (unpaired) electrons. The average Bonchev–Trinajstić information content (AvgIpc) is 2.75. The number of nitrogens with one attached hydrogen (secondary N) is 2. The van der Waals surface area contributed by atoms with Crippen LogP contribution in [0.5, 0.6) is 0 Å². The number of fused-ring (bicyclic) bond motifs is 2. The molecule has 29 heavy (non-hydrogen) atoms. The van der Waals surface area contributed by atoms with Crippen LogP contribution in [0, 0.1) is 11.8 Å². The molecule has 0 spiro atoms. The number of benzene rings is 1. The minimum atomic E-state index is 0.124. The van der Waals surface area contributed by atoms with E-state index in [-0.39, 0.29) is 5.91 Å². The Morgan fingerprint density at radius 2 is 2.00 bits per heavy atom. The number of nitrogens with zero attached hydrogens (tertiary/aromatic N) is 2. The number of carbonyl (C=O) groups excluding carboxylic acids is 1. The number of rotatable bonds is 8. The van der Waals surface area contributed by atoms with E-state index in [0.717, 1.165) is 44.1 Å². The summed E-state index contributed by atoms with van der Waals surface area (Å²) in [6.45, 7) is 5.03. The van der Waals surface area contributed by atoms with E-state index < -0.39 is 0 Å². The summed E-state index contributed by atoms with van der Waals surface area (Å²) in [5, 5.41) is 6.75. The molecule has 1 aromatic heterocycles. The first kappa shape index (κ1) is 20.0. The van der Waals surface area contributed by atoms with Gasteiger partial charge in [-0.15, -0.1) is 0 Å². The Kier molecular flexibility index (Phi) is 6.91. The Labute approximate surface area is 173 Å². The number of piperidine rings is 2. The van der Waals surface area contributed by atoms with Crippen LogP contribution >= 0.6 is 0 Å². The molecule has 3 heterocycles. The molecular weight excluding hydrogens is 360 g/mol. The minimum Gasteiger partial charge on any atom is -0.350 e. The van der Waals surface area contributed by atoms with Crippen molar-refractivity contribution in [3.8, 4) is 0 Å². The largest absolute Gasteiger partial charge is 0.350 e. The molecule has 3 atom stereocenters. The van der Waals surface area contributed by atoms with Gasteiger partial charge >= 0.3 is 0 Å². The van der Waals surface area contributed by atoms with Crippen LogP contribution < -0.4 is 10.6 Å². The molecular formula is C24H32N4O. The predicted molar refractivity (Wildman–Crippen MR) is 115 cm³/mol. The van der Waals surface area contributed by atoms with Gasteiger partial charge in [-0.1, -0.05) is 36.4 Å². The number of hydrogen-bond acceptors (Lipinski definition) is 4. The molecule has 0 saturated carbocycles. The number of aromatic nitrogens is 1. The van der Waals surface area contributed by atoms with Crippen molar-refractivity contribution in [3.05, 3.63) is 66.0 Å². The van der Waals surface area contributed by atoms with Gasteiger partial charge in [0.15, 0.2) is 0 Å². The molecule has 0 aliphatic carbocycles. The SMILES string of the molecule is O=C(CCC[C@H]1NC[C@@H]2C[C@H]1CN(Cc1ccccc1)C2)NCc1ccccn1. The fourth-order valence-corrected chi connectivity index (χ4v) is 4.84. The van der Waals surface area contributed by atoms with Crippen molar-refractivity contribution in [2.75, 3.05) is 19.6 Å². The first-order valence-corrected chi connectivity index (χ1v) is 10.9. The van der Waals surface area contributed by atoms with E-state index in [2.05, 4.69) is 50.8 Å². The molecule has 0 unspecified atom stereocenters. The number of pyridine rings is 1. The predicted octanol–water partition coefficient (Wildman–Crippen LogP) is 2.98. The molecule has 154 valence electrons. The second-order valence-electron chi connectivity index (χ2n) is 8.55. The van der Waals surface area contributed by atoms with Gasteiger partial charge in [0.2, 0.25) is 5.91 Å². The molecule has 5 heteroatoms. The third-order valence-corrected chi connectivity index (χ3v) is 6.24. The van der Waals surface area contributed by atoms with Gasteiger partial charge in [0.05, 0.1) is 12.2 Å². The third-order valence-electron chi connectivity index (χ3n) is 6.24. The van der Waals surface area contributed by atoms with Gasteiger partial charge in [0.1, 0.15) is 0 Å². The van der Waals surface area contributed by atoms with Crippen LogP contribution in [-0.2, 0) is 17.9 Å². The highest BCUT2D eigenvalue weighted by Gasteiger charge is 2.35. The summed E-state index contributed by atoms with van der Waals surface area (Å²) in [7, 11) is 0. The monoisotopic (exact) mass is 392 g/mol. The summed E-state index contributed by atoms with van der Waals surface area (Å²) in [4.78, 5) is 19.0. The smallest absolute Gasteiger partial charge is 0.220 e. The van der Waals surface area contributed by atoms with Crippen LogP contribution in [0.2, 0.25) is 0 Å². The highest BCUT2D eigenvalue weighted by Crippen LogP contribution is 2.31. The summed E-state index contributed by atoms with van der Waals surface area (Å²) >= 11 is 0. The van der Waals surface area contributed by atoms with Gasteiger partial charge in [-0.25, -0.2) is 0 Å². The molecule has 4 rings (SSSR count). The minimum absolute atomic E-state index is 0.124. The topological polar surface area (TPSA) is 57.3 Å². The van der Waals surface area contributed by atoms with E-state index in [0.29, 0.717) is 24.9 Å². The second kappa shape index (κ2) is 9.99. The van der Waals surface area contributed by atoms with E-state index in [1.807, 2.05) is 18.2 Å². The van der Waals surface area contributed by atoms with E-state index in [1.165, 1.54) is 18.5 Å². The van der Waals surface area contributed by atoms with Crippen LogP contribution in [0.15, 0.2) is 54.7 Å². The Morgan fingerprint density at radius 3 is 2.83 bits per heavy atom. The lowest BCUT2D eigenvalue weighted by atomic mass is 9.79. The molecule has 2 fully saturated rings. The van der Waals surface area contributed by atoms with Crippen molar-refractivity contribution in [1.29, 1.82) is 0 Å². The maximum absolute atomic E-state index is 12.2. The van der Waals surface area contributed by atoms with Crippen LogP contribution in [0.4, 0.5) is 0 Å². The molecule has 1 aromatic carbocycles. The molecule has 2 aliphatic heterocycles. The molecule has 2 N–H and O–H groups in total. The number of likely N-dealkylation sites (tertiary alicyclic amines) is 1. The fourth-order valence-electron chi connectivity index (χ4n) is 4.84. The van der Waals surface area contributed by atoms with Gasteiger partial charge in [0.25, 0.3) is 0 Å². The number of hydrogen-bond donors (Lipinski definition) is 2. The lowest BCUT2D eigenvalue weighted by molar-refractivity contribution is -0.121. The van der Waals surface area contributed by atoms with Crippen molar-refractivity contribution >= 4 is 5.91 Å². The molecule has 5 nitrogen and oxygen atoms in total. The van der Waals surface area contributed by atoms with E-state index in [9.17, 15) is 4.79 Å². The van der Waals surface area contributed by atoms with Gasteiger partial charge in [-0.05, 0) is 55.3 Å². The number of carbonyl (C=O) groups is 1. The van der Waals surface area contributed by atoms with Crippen LogP contribution in [-0.4, -0.2) is 41.5 Å². The van der Waals surface area contributed by atoms with Gasteiger partial charge in [0, 0.05) is 38.3 Å². The van der Waals surface area contributed by atoms with Crippen molar-refractivity contribution < 1.29 is 4.79 Å². The number of amides is 1. The van der Waals surface area contributed by atoms with Crippen molar-refractivity contribution in [2.24, 2.45) is 11.8 Å². The second-order valence-corrected chi connectivity index (χ2v) is 8.55. The summed E-state index contributed by atoms with van der Waals surface area (Å²) < 4.78 is 0. The van der Waals surface area contributed by atoms with Gasteiger partial charge in [-0.3, -0.25) is 14.7 Å². The summed E-state index contributed by atoms with van der Waals surface area (Å²) in [5.74, 6) is 1.58. The van der Waals surface area contributed by atoms with Crippen LogP contribution in [0.1, 0.15) is 36.9 Å². The quantitative estimate of drug-likeness (QED) is 0.725. The molecule has 2 aliphatic rings. The maximum Gasteiger partial charge on any atom is 0.220 e. The first-order valence-electron chi connectivity index (χ1n) is 10.9. The molecule has 2 aromatic rings. The van der Waals surface area contributed by atoms with Crippen LogP contribution in [0.3, 0.4) is 0 Å². The molecule has 1 amide bonds. The average molecular weight is 393 g/mol. The Balaban J connectivity index is 1.20. The van der Waals surface area contributed by atoms with E-state index in [1.54, 1.807) is 6.20 Å². The van der Waals surface area contributed by atoms with E-state index in [4.69, 9.17) is 0 Å². The zero-order valence-corrected chi connectivity index (χ0v) is 17.1. The Hall–Kier alpha value is -2.24. The highest BCUT2D eigenvalue weighted by molar-refractivity contribution is 5.75. The fraction of sp³-hybridized carbons (Fsp3) is 0.500. The summed E-state index contributed by atoms with van der Waals surface area (Å²) in [6, 6.07) is 17.1. The van der Waals surface area contributed by atoms with Gasteiger partial charge < -0.3 is 10.6 Å². The molecule has 2 bridgehead atoms. The lowest BCUT2D eigenvalue weighted by Gasteiger charge is -2.46. The van der Waals surface area contributed by atoms with Crippen molar-refractivity contribution in [2.45, 2.75) is 44.8 Å².